The van der Waals surface area contributed by atoms with Crippen molar-refractivity contribution in [2.24, 2.45) is 0 Å². The zero-order chi connectivity index (χ0) is 15.9. The van der Waals surface area contributed by atoms with Gasteiger partial charge in [-0.25, -0.2) is 4.98 Å². The first-order valence-electron chi connectivity index (χ1n) is 8.62. The first-order chi connectivity index (χ1) is 11.3. The summed E-state index contributed by atoms with van der Waals surface area (Å²) in [7, 11) is 0. The summed E-state index contributed by atoms with van der Waals surface area (Å²) in [5, 5.41) is 3.33. The highest BCUT2D eigenvalue weighted by molar-refractivity contribution is 5.34. The Kier molecular flexibility index (Phi) is 5.59. The van der Waals surface area contributed by atoms with Gasteiger partial charge in [0, 0.05) is 19.3 Å². The van der Waals surface area contributed by atoms with Crippen molar-refractivity contribution < 1.29 is 0 Å². The Labute approximate surface area is 139 Å². The van der Waals surface area contributed by atoms with E-state index in [0.29, 0.717) is 0 Å². The monoisotopic (exact) mass is 310 g/mol. The van der Waals surface area contributed by atoms with Crippen LogP contribution in [0, 0.1) is 6.92 Å². The molecule has 3 rings (SSSR count). The molecular formula is C19H26N4. The number of anilines is 1. The Hall–Kier alpha value is -1.94. The van der Waals surface area contributed by atoms with Crippen molar-refractivity contribution in [1.82, 2.24) is 14.9 Å². The largest absolute Gasteiger partial charge is 0.365 e. The van der Waals surface area contributed by atoms with Crippen molar-refractivity contribution in [1.29, 1.82) is 0 Å². The predicted molar refractivity (Wildman–Crippen MR) is 94.3 cm³/mol. The molecule has 0 saturated carbocycles. The van der Waals surface area contributed by atoms with Crippen LogP contribution in [0.1, 0.15) is 42.5 Å². The second kappa shape index (κ2) is 8.06. The standard InChI is InChI=1S/C19H26N4/c1-16-12-20-14-19(22-16)21-13-17-6-8-18(9-7-17)15-23-10-4-2-3-5-11-23/h6-9,12,14H,2-5,10-11,13,15H2,1H3,(H,21,22). The molecule has 1 fully saturated rings. The molecule has 1 aromatic carbocycles. The van der Waals surface area contributed by atoms with Gasteiger partial charge in [0.15, 0.2) is 0 Å². The molecule has 2 aromatic rings. The molecule has 1 saturated heterocycles. The van der Waals surface area contributed by atoms with Gasteiger partial charge in [-0.3, -0.25) is 9.88 Å². The molecular weight excluding hydrogens is 284 g/mol. The number of nitrogens with one attached hydrogen (secondary N) is 1. The minimum atomic E-state index is 0.780. The summed E-state index contributed by atoms with van der Waals surface area (Å²) in [4.78, 5) is 11.2. The van der Waals surface area contributed by atoms with Crippen LogP contribution < -0.4 is 5.32 Å². The average Bonchev–Trinajstić information content (AvgIpc) is 2.83. The summed E-state index contributed by atoms with van der Waals surface area (Å²) in [5.74, 6) is 0.832. The molecule has 0 spiro atoms. The molecule has 1 aliphatic heterocycles. The zero-order valence-electron chi connectivity index (χ0n) is 14.0. The fourth-order valence-electron chi connectivity index (χ4n) is 3.06. The van der Waals surface area contributed by atoms with E-state index < -0.39 is 0 Å². The third-order valence-corrected chi connectivity index (χ3v) is 4.36. The van der Waals surface area contributed by atoms with E-state index in [0.717, 1.165) is 24.6 Å². The van der Waals surface area contributed by atoms with E-state index in [2.05, 4.69) is 44.5 Å². The highest BCUT2D eigenvalue weighted by Crippen LogP contribution is 2.14. The first-order valence-corrected chi connectivity index (χ1v) is 8.62. The van der Waals surface area contributed by atoms with Crippen molar-refractivity contribution in [2.45, 2.75) is 45.7 Å². The van der Waals surface area contributed by atoms with Crippen LogP contribution in [-0.4, -0.2) is 28.0 Å². The third-order valence-electron chi connectivity index (χ3n) is 4.36. The molecule has 4 nitrogen and oxygen atoms in total. The number of hydrogen-bond donors (Lipinski definition) is 1. The van der Waals surface area contributed by atoms with E-state index in [1.54, 1.807) is 12.4 Å². The molecule has 0 radical (unpaired) electrons. The maximum atomic E-state index is 4.41. The van der Waals surface area contributed by atoms with Crippen LogP contribution in [0.5, 0.6) is 0 Å². The van der Waals surface area contributed by atoms with E-state index in [-0.39, 0.29) is 0 Å². The highest BCUT2D eigenvalue weighted by Gasteiger charge is 2.09. The molecule has 2 heterocycles. The number of hydrogen-bond acceptors (Lipinski definition) is 4. The Morgan fingerprint density at radius 3 is 2.35 bits per heavy atom. The molecule has 4 heteroatoms. The quantitative estimate of drug-likeness (QED) is 0.912. The van der Waals surface area contributed by atoms with E-state index in [4.69, 9.17) is 0 Å². The lowest BCUT2D eigenvalue weighted by atomic mass is 10.1. The minimum Gasteiger partial charge on any atom is -0.365 e. The van der Waals surface area contributed by atoms with Gasteiger partial charge in [0.05, 0.1) is 11.9 Å². The summed E-state index contributed by atoms with van der Waals surface area (Å²) in [6.45, 7) is 6.31. The maximum Gasteiger partial charge on any atom is 0.145 e. The van der Waals surface area contributed by atoms with Crippen molar-refractivity contribution >= 4 is 5.82 Å². The van der Waals surface area contributed by atoms with Crippen molar-refractivity contribution in [3.63, 3.8) is 0 Å². The fraction of sp³-hybridized carbons (Fsp3) is 0.474. The molecule has 1 aliphatic rings. The predicted octanol–water partition coefficient (Wildman–Crippen LogP) is 3.77. The Morgan fingerprint density at radius 1 is 0.957 bits per heavy atom. The summed E-state index contributed by atoms with van der Waals surface area (Å²) in [5.41, 5.74) is 3.61. The van der Waals surface area contributed by atoms with Gasteiger partial charge in [0.1, 0.15) is 5.82 Å². The molecule has 23 heavy (non-hydrogen) atoms. The Morgan fingerprint density at radius 2 is 1.65 bits per heavy atom. The number of benzene rings is 1. The lowest BCUT2D eigenvalue weighted by Gasteiger charge is -2.19. The van der Waals surface area contributed by atoms with Gasteiger partial charge in [-0.05, 0) is 44.0 Å². The van der Waals surface area contributed by atoms with Crippen molar-refractivity contribution in [3.05, 3.63) is 53.5 Å². The maximum absolute atomic E-state index is 4.41. The van der Waals surface area contributed by atoms with Gasteiger partial charge < -0.3 is 5.32 Å². The highest BCUT2D eigenvalue weighted by atomic mass is 15.1. The molecule has 0 aliphatic carbocycles. The van der Waals surface area contributed by atoms with Crippen LogP contribution in [0.15, 0.2) is 36.7 Å². The van der Waals surface area contributed by atoms with E-state index >= 15 is 0 Å². The van der Waals surface area contributed by atoms with Gasteiger partial charge in [-0.15, -0.1) is 0 Å². The molecule has 0 unspecified atom stereocenters. The average molecular weight is 310 g/mol. The number of nitrogens with zero attached hydrogens (tertiary/aromatic N) is 3. The van der Waals surface area contributed by atoms with Crippen LogP contribution in [-0.2, 0) is 13.1 Å². The number of rotatable bonds is 5. The van der Waals surface area contributed by atoms with Crippen LogP contribution in [0.2, 0.25) is 0 Å². The Balaban J connectivity index is 1.52. The van der Waals surface area contributed by atoms with E-state index in [9.17, 15) is 0 Å². The lowest BCUT2D eigenvalue weighted by Crippen LogP contribution is -2.23. The van der Waals surface area contributed by atoms with Crippen LogP contribution >= 0.6 is 0 Å². The van der Waals surface area contributed by atoms with Crippen molar-refractivity contribution in [3.8, 4) is 0 Å². The number of aromatic nitrogens is 2. The number of likely N-dealkylation sites (tertiary alicyclic amines) is 1. The van der Waals surface area contributed by atoms with Crippen LogP contribution in [0.3, 0.4) is 0 Å². The molecule has 0 amide bonds. The topological polar surface area (TPSA) is 41.1 Å². The smallest absolute Gasteiger partial charge is 0.145 e. The summed E-state index contributed by atoms with van der Waals surface area (Å²) >= 11 is 0. The summed E-state index contributed by atoms with van der Waals surface area (Å²) < 4.78 is 0. The van der Waals surface area contributed by atoms with Gasteiger partial charge in [-0.2, -0.15) is 0 Å². The van der Waals surface area contributed by atoms with E-state index in [1.807, 2.05) is 6.92 Å². The zero-order valence-corrected chi connectivity index (χ0v) is 14.0. The molecule has 1 aromatic heterocycles. The second-order valence-electron chi connectivity index (χ2n) is 6.41. The minimum absolute atomic E-state index is 0.780. The third kappa shape index (κ3) is 5.03. The SMILES string of the molecule is Cc1cncc(NCc2ccc(CN3CCCCCC3)cc2)n1. The normalized spacial score (nSPS) is 16.0. The molecule has 0 atom stereocenters. The summed E-state index contributed by atoms with van der Waals surface area (Å²) in [6.07, 6.45) is 9.01. The fourth-order valence-corrected chi connectivity index (χ4v) is 3.06. The van der Waals surface area contributed by atoms with Gasteiger partial charge in [-0.1, -0.05) is 37.1 Å². The first kappa shape index (κ1) is 15.9. The lowest BCUT2D eigenvalue weighted by molar-refractivity contribution is 0.277. The van der Waals surface area contributed by atoms with Crippen molar-refractivity contribution in [2.75, 3.05) is 18.4 Å². The van der Waals surface area contributed by atoms with Gasteiger partial charge in [0.25, 0.3) is 0 Å². The Bertz CT molecular complexity index is 601. The molecule has 122 valence electrons. The summed E-state index contributed by atoms with van der Waals surface area (Å²) in [6, 6.07) is 8.93. The number of aryl methyl sites for hydroxylation is 1. The second-order valence-corrected chi connectivity index (χ2v) is 6.41. The van der Waals surface area contributed by atoms with Crippen LogP contribution in [0.25, 0.3) is 0 Å². The van der Waals surface area contributed by atoms with Gasteiger partial charge >= 0.3 is 0 Å². The van der Waals surface area contributed by atoms with E-state index in [1.165, 1.54) is 49.9 Å². The van der Waals surface area contributed by atoms with Crippen LogP contribution in [0.4, 0.5) is 5.82 Å². The van der Waals surface area contributed by atoms with Gasteiger partial charge in [0.2, 0.25) is 0 Å². The molecule has 0 bridgehead atoms. The molecule has 1 N–H and O–H groups in total.